The fraction of sp³-hybridized carbons (Fsp3) is 0.696. The van der Waals surface area contributed by atoms with Gasteiger partial charge in [0.2, 0.25) is 18.0 Å². The molecule has 10 heteroatoms. The fourth-order valence-corrected chi connectivity index (χ4v) is 5.27. The highest BCUT2D eigenvalue weighted by Gasteiger charge is 2.63. The van der Waals surface area contributed by atoms with Gasteiger partial charge < -0.3 is 40.2 Å². The first-order valence-corrected chi connectivity index (χ1v) is 11.5. The molecular formula is C23H33FN2O7. The number of carbonyl (C=O) groups excluding carboxylic acids is 1. The molecule has 1 saturated carbocycles. The highest BCUT2D eigenvalue weighted by atomic mass is 19.1. The van der Waals surface area contributed by atoms with Crippen LogP contribution in [0.4, 0.5) is 4.39 Å². The SMILES string of the molecule is CC[C@@H]1[C@H](O)[C@H](NC)C2O[C@]3(O)C(OC2[C@@H]1O)O[C@H](C)C[C@H]3NC(=O)Cc1ccc(F)cc1. The van der Waals surface area contributed by atoms with E-state index in [2.05, 4.69) is 10.6 Å². The molecule has 1 aromatic rings. The fourth-order valence-electron chi connectivity index (χ4n) is 5.27. The van der Waals surface area contributed by atoms with Crippen molar-refractivity contribution >= 4 is 5.91 Å². The molecular weight excluding hydrogens is 435 g/mol. The number of benzene rings is 1. The zero-order valence-corrected chi connectivity index (χ0v) is 19.0. The maximum absolute atomic E-state index is 13.2. The molecule has 3 aliphatic rings. The number of aliphatic hydroxyl groups is 3. The maximum atomic E-state index is 13.2. The molecule has 3 fully saturated rings. The molecule has 10 atom stereocenters. The van der Waals surface area contributed by atoms with Crippen molar-refractivity contribution in [1.82, 2.24) is 10.6 Å². The second-order valence-corrected chi connectivity index (χ2v) is 9.24. The number of fused-ring (bicyclic) bond motifs is 2. The summed E-state index contributed by atoms with van der Waals surface area (Å²) in [6.07, 6.45) is -4.46. The van der Waals surface area contributed by atoms with E-state index in [0.29, 0.717) is 12.0 Å². The summed E-state index contributed by atoms with van der Waals surface area (Å²) in [5.74, 6) is -3.23. The molecule has 9 nitrogen and oxygen atoms in total. The van der Waals surface area contributed by atoms with E-state index >= 15 is 0 Å². The predicted molar refractivity (Wildman–Crippen MR) is 114 cm³/mol. The topological polar surface area (TPSA) is 130 Å². The summed E-state index contributed by atoms with van der Waals surface area (Å²) in [6.45, 7) is 3.66. The van der Waals surface area contributed by atoms with Gasteiger partial charge in [0, 0.05) is 5.92 Å². The number of carbonyl (C=O) groups is 1. The highest BCUT2D eigenvalue weighted by molar-refractivity contribution is 5.79. The van der Waals surface area contributed by atoms with E-state index in [9.17, 15) is 24.5 Å². The second kappa shape index (κ2) is 9.53. The molecule has 1 aliphatic carbocycles. The Balaban J connectivity index is 1.55. The van der Waals surface area contributed by atoms with Crippen LogP contribution in [0.5, 0.6) is 0 Å². The highest BCUT2D eigenvalue weighted by Crippen LogP contribution is 2.43. The average Bonchev–Trinajstić information content (AvgIpc) is 2.76. The van der Waals surface area contributed by atoms with Crippen LogP contribution in [0.25, 0.3) is 0 Å². The van der Waals surface area contributed by atoms with Crippen LogP contribution in [0, 0.1) is 11.7 Å². The molecule has 0 spiro atoms. The molecule has 2 aliphatic heterocycles. The van der Waals surface area contributed by atoms with Crippen molar-refractivity contribution < 1.29 is 38.7 Å². The number of halogens is 1. The minimum atomic E-state index is -2.03. The van der Waals surface area contributed by atoms with Gasteiger partial charge in [0.05, 0.1) is 36.8 Å². The summed E-state index contributed by atoms with van der Waals surface area (Å²) < 4.78 is 31.1. The zero-order chi connectivity index (χ0) is 23.9. The van der Waals surface area contributed by atoms with Gasteiger partial charge in [-0.25, -0.2) is 4.39 Å². The largest absolute Gasteiger partial charge is 0.391 e. The number of likely N-dealkylation sites (N-methyl/N-ethyl adjacent to an activating group) is 1. The molecule has 33 heavy (non-hydrogen) atoms. The number of ether oxygens (including phenoxy) is 3. The number of aliphatic hydroxyl groups excluding tert-OH is 2. The van der Waals surface area contributed by atoms with Crippen molar-refractivity contribution in [2.75, 3.05) is 7.05 Å². The van der Waals surface area contributed by atoms with E-state index in [1.165, 1.54) is 24.3 Å². The summed E-state index contributed by atoms with van der Waals surface area (Å²) in [7, 11) is 1.66. The van der Waals surface area contributed by atoms with Gasteiger partial charge in [-0.05, 0) is 44.5 Å². The van der Waals surface area contributed by atoms with Crippen LogP contribution < -0.4 is 10.6 Å². The Morgan fingerprint density at radius 3 is 2.52 bits per heavy atom. The molecule has 4 rings (SSSR count). The lowest BCUT2D eigenvalue weighted by molar-refractivity contribution is -0.450. The van der Waals surface area contributed by atoms with Gasteiger partial charge in [0.15, 0.2) is 0 Å². The van der Waals surface area contributed by atoms with Crippen LogP contribution in [0.15, 0.2) is 24.3 Å². The first-order valence-electron chi connectivity index (χ1n) is 11.5. The van der Waals surface area contributed by atoms with Crippen molar-refractivity contribution in [3.05, 3.63) is 35.6 Å². The van der Waals surface area contributed by atoms with Gasteiger partial charge in [-0.3, -0.25) is 4.79 Å². The molecule has 2 saturated heterocycles. The number of hydrogen-bond donors (Lipinski definition) is 5. The molecule has 5 N–H and O–H groups in total. The molecule has 0 radical (unpaired) electrons. The number of amides is 1. The van der Waals surface area contributed by atoms with Crippen LogP contribution in [-0.4, -0.2) is 83.0 Å². The first-order chi connectivity index (χ1) is 15.7. The smallest absolute Gasteiger partial charge is 0.239 e. The Bertz CT molecular complexity index is 843. The molecule has 0 aromatic heterocycles. The van der Waals surface area contributed by atoms with E-state index < -0.39 is 60.3 Å². The van der Waals surface area contributed by atoms with Crippen LogP contribution in [0.3, 0.4) is 0 Å². The second-order valence-electron chi connectivity index (χ2n) is 9.24. The van der Waals surface area contributed by atoms with E-state index in [1.54, 1.807) is 14.0 Å². The van der Waals surface area contributed by atoms with Crippen molar-refractivity contribution in [2.24, 2.45) is 5.92 Å². The lowest BCUT2D eigenvalue weighted by Gasteiger charge is -2.58. The Labute approximate surface area is 192 Å². The lowest BCUT2D eigenvalue weighted by atomic mass is 9.74. The maximum Gasteiger partial charge on any atom is 0.239 e. The number of hydrogen-bond acceptors (Lipinski definition) is 8. The number of nitrogens with one attached hydrogen (secondary N) is 2. The van der Waals surface area contributed by atoms with Crippen LogP contribution >= 0.6 is 0 Å². The Hall–Kier alpha value is -1.66. The Morgan fingerprint density at radius 1 is 1.18 bits per heavy atom. The predicted octanol–water partition coefficient (Wildman–Crippen LogP) is -0.190. The standard InChI is InChI=1S/C23H33FN2O7/c1-4-14-18(28)17(25-3)20-21(19(14)29)32-22-23(30,33-20)15(9-11(2)31-22)26-16(27)10-12-5-7-13(24)8-6-12/h5-8,11,14-15,17-22,25,28-30H,4,9-10H2,1-3H3,(H,26,27)/t11-,14-,15-,17+,18+,19-,20?,21?,22?,23+/m1/s1. The van der Waals surface area contributed by atoms with E-state index in [4.69, 9.17) is 14.2 Å². The summed E-state index contributed by atoms with van der Waals surface area (Å²) in [5.41, 5.74) is 0.623. The lowest BCUT2D eigenvalue weighted by Crippen LogP contribution is -2.77. The van der Waals surface area contributed by atoms with Crippen molar-refractivity contribution in [1.29, 1.82) is 0 Å². The summed E-state index contributed by atoms with van der Waals surface area (Å²) in [4.78, 5) is 12.7. The average molecular weight is 469 g/mol. The van der Waals surface area contributed by atoms with Crippen LogP contribution in [0.1, 0.15) is 32.3 Å². The summed E-state index contributed by atoms with van der Waals surface area (Å²) in [6, 6.07) is 4.13. The van der Waals surface area contributed by atoms with Gasteiger partial charge in [-0.2, -0.15) is 0 Å². The van der Waals surface area contributed by atoms with Gasteiger partial charge in [-0.1, -0.05) is 19.1 Å². The van der Waals surface area contributed by atoms with Gasteiger partial charge in [0.25, 0.3) is 0 Å². The van der Waals surface area contributed by atoms with Crippen molar-refractivity contribution in [3.63, 3.8) is 0 Å². The van der Waals surface area contributed by atoms with Gasteiger partial charge in [0.1, 0.15) is 18.0 Å². The molecule has 2 heterocycles. The molecule has 184 valence electrons. The molecule has 1 amide bonds. The van der Waals surface area contributed by atoms with Crippen LogP contribution in [-0.2, 0) is 25.4 Å². The summed E-state index contributed by atoms with van der Waals surface area (Å²) in [5, 5.41) is 39.0. The third-order valence-corrected chi connectivity index (χ3v) is 7.04. The first kappa shape index (κ1) is 24.5. The molecule has 3 unspecified atom stereocenters. The van der Waals surface area contributed by atoms with E-state index in [1.807, 2.05) is 6.92 Å². The van der Waals surface area contributed by atoms with Crippen molar-refractivity contribution in [3.8, 4) is 0 Å². The van der Waals surface area contributed by atoms with E-state index in [0.717, 1.165) is 0 Å². The third kappa shape index (κ3) is 4.53. The van der Waals surface area contributed by atoms with Gasteiger partial charge >= 0.3 is 0 Å². The summed E-state index contributed by atoms with van der Waals surface area (Å²) >= 11 is 0. The van der Waals surface area contributed by atoms with Crippen LogP contribution in [0.2, 0.25) is 0 Å². The quantitative estimate of drug-likeness (QED) is 0.402. The van der Waals surface area contributed by atoms with E-state index in [-0.39, 0.29) is 24.9 Å². The molecule has 1 aromatic carbocycles. The van der Waals surface area contributed by atoms with Gasteiger partial charge in [-0.15, -0.1) is 0 Å². The number of rotatable bonds is 5. The Kier molecular flexibility index (Phi) is 7.07. The third-order valence-electron chi connectivity index (χ3n) is 7.04. The zero-order valence-electron chi connectivity index (χ0n) is 19.0. The van der Waals surface area contributed by atoms with Crippen molar-refractivity contribution in [2.45, 2.75) is 87.8 Å². The minimum Gasteiger partial charge on any atom is -0.391 e. The normalized spacial score (nSPS) is 42.8. The minimum absolute atomic E-state index is 0.00553. The monoisotopic (exact) mass is 468 g/mol. The Morgan fingerprint density at radius 2 is 1.88 bits per heavy atom. The molecule has 0 bridgehead atoms.